The maximum Gasteiger partial charge on any atom is 0.494 e. The number of aromatic nitrogens is 1. The van der Waals surface area contributed by atoms with E-state index < -0.39 is 0 Å². The van der Waals surface area contributed by atoms with Crippen LogP contribution in [0.5, 0.6) is 0 Å². The maximum absolute atomic E-state index is 5.99. The lowest BCUT2D eigenvalue weighted by atomic mass is 9.79. The van der Waals surface area contributed by atoms with Crippen molar-refractivity contribution in [3.63, 3.8) is 0 Å². The molecule has 1 aliphatic rings. The molecule has 4 nitrogen and oxygen atoms in total. The van der Waals surface area contributed by atoms with E-state index >= 15 is 0 Å². The van der Waals surface area contributed by atoms with Crippen LogP contribution in [0.2, 0.25) is 0 Å². The predicted octanol–water partition coefficient (Wildman–Crippen LogP) is 2.13. The summed E-state index contributed by atoms with van der Waals surface area (Å²) in [5, 5.41) is 0. The summed E-state index contributed by atoms with van der Waals surface area (Å²) in [7, 11) is -0.351. The average molecular weight is 245 g/mol. The first-order valence-electron chi connectivity index (χ1n) is 6.08. The van der Waals surface area contributed by atoms with Crippen LogP contribution < -0.4 is 5.46 Å². The molecule has 94 valence electrons. The van der Waals surface area contributed by atoms with Gasteiger partial charge in [-0.15, -0.1) is 0 Å². The number of oxazole rings is 1. The van der Waals surface area contributed by atoms with Crippen LogP contribution in [0.15, 0.2) is 29.0 Å². The molecule has 1 aliphatic heterocycles. The first-order valence-corrected chi connectivity index (χ1v) is 6.08. The molecule has 1 fully saturated rings. The summed E-state index contributed by atoms with van der Waals surface area (Å²) in [6.07, 6.45) is 1.44. The first kappa shape index (κ1) is 11.7. The number of rotatable bonds is 1. The van der Waals surface area contributed by atoms with E-state index in [1.807, 2.05) is 45.9 Å². The summed E-state index contributed by atoms with van der Waals surface area (Å²) in [4.78, 5) is 4.15. The van der Waals surface area contributed by atoms with Crippen LogP contribution in [0.4, 0.5) is 0 Å². The molecule has 3 rings (SSSR count). The Kier molecular flexibility index (Phi) is 2.34. The fourth-order valence-corrected chi connectivity index (χ4v) is 2.00. The molecule has 0 N–H and O–H groups in total. The standard InChI is InChI=1S/C13H16BNO3/c1-12(2)13(3,4)18-14(17-12)9-5-6-11-10(7-9)15-8-16-11/h5-8H,1-4H3. The van der Waals surface area contributed by atoms with E-state index in [0.717, 1.165) is 16.6 Å². The van der Waals surface area contributed by atoms with Gasteiger partial charge < -0.3 is 13.7 Å². The highest BCUT2D eigenvalue weighted by atomic mass is 16.7. The molecule has 0 amide bonds. The van der Waals surface area contributed by atoms with Crippen molar-refractivity contribution in [2.75, 3.05) is 0 Å². The third-order valence-corrected chi connectivity index (χ3v) is 3.88. The third-order valence-electron chi connectivity index (χ3n) is 3.88. The maximum atomic E-state index is 5.99. The molecular formula is C13H16BNO3. The molecule has 0 spiro atoms. The quantitative estimate of drug-likeness (QED) is 0.722. The van der Waals surface area contributed by atoms with Gasteiger partial charge >= 0.3 is 7.12 Å². The largest absolute Gasteiger partial charge is 0.494 e. The molecule has 0 aliphatic carbocycles. The van der Waals surface area contributed by atoms with Crippen molar-refractivity contribution in [1.82, 2.24) is 4.98 Å². The molecule has 1 saturated heterocycles. The molecule has 2 aromatic rings. The Bertz CT molecular complexity index is 575. The second kappa shape index (κ2) is 3.59. The number of nitrogens with zero attached hydrogens (tertiary/aromatic N) is 1. The van der Waals surface area contributed by atoms with Gasteiger partial charge in [0.05, 0.1) is 11.2 Å². The molecule has 1 aromatic carbocycles. The number of benzene rings is 1. The second-order valence-electron chi connectivity index (χ2n) is 5.67. The highest BCUT2D eigenvalue weighted by molar-refractivity contribution is 6.62. The zero-order chi connectivity index (χ0) is 13.0. The first-order chi connectivity index (χ1) is 8.39. The lowest BCUT2D eigenvalue weighted by molar-refractivity contribution is 0.00578. The monoisotopic (exact) mass is 245 g/mol. The van der Waals surface area contributed by atoms with Gasteiger partial charge in [-0.2, -0.15) is 0 Å². The van der Waals surface area contributed by atoms with Crippen molar-refractivity contribution in [3.05, 3.63) is 24.6 Å². The van der Waals surface area contributed by atoms with E-state index in [9.17, 15) is 0 Å². The van der Waals surface area contributed by atoms with Crippen molar-refractivity contribution < 1.29 is 13.7 Å². The Morgan fingerprint density at radius 2 is 1.72 bits per heavy atom. The topological polar surface area (TPSA) is 44.5 Å². The van der Waals surface area contributed by atoms with Crippen molar-refractivity contribution in [2.24, 2.45) is 0 Å². The minimum absolute atomic E-state index is 0.323. The van der Waals surface area contributed by atoms with Gasteiger partial charge in [0, 0.05) is 0 Å². The van der Waals surface area contributed by atoms with Gasteiger partial charge in [0.2, 0.25) is 0 Å². The average Bonchev–Trinajstić information content (AvgIpc) is 2.80. The third kappa shape index (κ3) is 1.66. The zero-order valence-electron chi connectivity index (χ0n) is 11.1. The minimum atomic E-state index is -0.351. The van der Waals surface area contributed by atoms with E-state index in [4.69, 9.17) is 13.7 Å². The summed E-state index contributed by atoms with van der Waals surface area (Å²) >= 11 is 0. The summed E-state index contributed by atoms with van der Waals surface area (Å²) in [5.41, 5.74) is 1.92. The summed E-state index contributed by atoms with van der Waals surface area (Å²) in [5.74, 6) is 0. The normalized spacial score (nSPS) is 21.7. The molecule has 0 radical (unpaired) electrons. The fourth-order valence-electron chi connectivity index (χ4n) is 2.00. The number of hydrogen-bond donors (Lipinski definition) is 0. The van der Waals surface area contributed by atoms with Crippen molar-refractivity contribution in [2.45, 2.75) is 38.9 Å². The van der Waals surface area contributed by atoms with Crippen LogP contribution in [0.25, 0.3) is 11.1 Å². The van der Waals surface area contributed by atoms with Crippen LogP contribution in [-0.2, 0) is 9.31 Å². The summed E-state index contributed by atoms with van der Waals surface area (Å²) in [6, 6.07) is 5.79. The lowest BCUT2D eigenvalue weighted by Gasteiger charge is -2.32. The molecule has 0 saturated carbocycles. The van der Waals surface area contributed by atoms with Crippen LogP contribution >= 0.6 is 0 Å². The van der Waals surface area contributed by atoms with E-state index in [-0.39, 0.29) is 18.3 Å². The van der Waals surface area contributed by atoms with E-state index in [1.165, 1.54) is 6.39 Å². The van der Waals surface area contributed by atoms with Gasteiger partial charge in [-0.1, -0.05) is 6.07 Å². The highest BCUT2D eigenvalue weighted by Gasteiger charge is 2.51. The van der Waals surface area contributed by atoms with Crippen molar-refractivity contribution in [1.29, 1.82) is 0 Å². The van der Waals surface area contributed by atoms with E-state index in [1.54, 1.807) is 0 Å². The van der Waals surface area contributed by atoms with Gasteiger partial charge in [-0.25, -0.2) is 4.98 Å². The second-order valence-corrected chi connectivity index (χ2v) is 5.67. The molecule has 18 heavy (non-hydrogen) atoms. The Labute approximate surface area is 106 Å². The number of hydrogen-bond acceptors (Lipinski definition) is 4. The van der Waals surface area contributed by atoms with Gasteiger partial charge in [0.25, 0.3) is 0 Å². The lowest BCUT2D eigenvalue weighted by Crippen LogP contribution is -2.41. The van der Waals surface area contributed by atoms with Gasteiger partial charge in [0.1, 0.15) is 5.52 Å². The summed E-state index contributed by atoms with van der Waals surface area (Å²) in [6.45, 7) is 8.17. The smallest absolute Gasteiger partial charge is 0.443 e. The Morgan fingerprint density at radius 1 is 1.06 bits per heavy atom. The van der Waals surface area contributed by atoms with Gasteiger partial charge in [-0.05, 0) is 45.3 Å². The van der Waals surface area contributed by atoms with Gasteiger partial charge in [0.15, 0.2) is 12.0 Å². The fraction of sp³-hybridized carbons (Fsp3) is 0.462. The van der Waals surface area contributed by atoms with Crippen molar-refractivity contribution >= 4 is 23.7 Å². The minimum Gasteiger partial charge on any atom is -0.443 e. The molecule has 0 bridgehead atoms. The molecule has 0 unspecified atom stereocenters. The van der Waals surface area contributed by atoms with Crippen LogP contribution in [0.3, 0.4) is 0 Å². The van der Waals surface area contributed by atoms with E-state index in [0.29, 0.717) is 0 Å². The Hall–Kier alpha value is -1.33. The molecule has 5 heteroatoms. The van der Waals surface area contributed by atoms with Crippen molar-refractivity contribution in [3.8, 4) is 0 Å². The number of fused-ring (bicyclic) bond motifs is 1. The SMILES string of the molecule is CC1(C)OB(c2ccc3ocnc3c2)OC1(C)C. The highest BCUT2D eigenvalue weighted by Crippen LogP contribution is 2.36. The van der Waals surface area contributed by atoms with Crippen LogP contribution in [0, 0.1) is 0 Å². The molecule has 0 atom stereocenters. The Morgan fingerprint density at radius 3 is 2.39 bits per heavy atom. The molecule has 1 aromatic heterocycles. The zero-order valence-corrected chi connectivity index (χ0v) is 11.1. The van der Waals surface area contributed by atoms with Crippen LogP contribution in [-0.4, -0.2) is 23.3 Å². The van der Waals surface area contributed by atoms with Crippen LogP contribution in [0.1, 0.15) is 27.7 Å². The van der Waals surface area contributed by atoms with Gasteiger partial charge in [-0.3, -0.25) is 0 Å². The van der Waals surface area contributed by atoms with E-state index in [2.05, 4.69) is 4.98 Å². The summed E-state index contributed by atoms with van der Waals surface area (Å²) < 4.78 is 17.2. The molecule has 2 heterocycles. The molecular weight excluding hydrogens is 229 g/mol. The Balaban J connectivity index is 1.96. The predicted molar refractivity (Wildman–Crippen MR) is 69.7 cm³/mol.